The van der Waals surface area contributed by atoms with Crippen LogP contribution >= 0.6 is 0 Å². The lowest BCUT2D eigenvalue weighted by Crippen LogP contribution is -2.29. The number of anilines is 1. The van der Waals surface area contributed by atoms with Crippen molar-refractivity contribution < 1.29 is 9.50 Å². The van der Waals surface area contributed by atoms with Gasteiger partial charge in [0.05, 0.1) is 6.10 Å². The fourth-order valence-corrected chi connectivity index (χ4v) is 3.05. The molecule has 1 aliphatic carbocycles. The number of hydrogen-bond acceptors (Lipinski definition) is 2. The number of benzene rings is 1. The zero-order valence-electron chi connectivity index (χ0n) is 9.14. The molecule has 1 saturated heterocycles. The highest BCUT2D eigenvalue weighted by Crippen LogP contribution is 2.38. The highest BCUT2D eigenvalue weighted by molar-refractivity contribution is 5.49. The van der Waals surface area contributed by atoms with Gasteiger partial charge < -0.3 is 10.0 Å². The van der Waals surface area contributed by atoms with Crippen LogP contribution in [0, 0.1) is 11.7 Å². The second kappa shape index (κ2) is 3.74. The number of nitrogens with zero attached hydrogens (tertiary/aromatic N) is 1. The van der Waals surface area contributed by atoms with E-state index in [1.807, 2.05) is 12.1 Å². The van der Waals surface area contributed by atoms with Crippen LogP contribution in [-0.2, 0) is 0 Å². The van der Waals surface area contributed by atoms with Gasteiger partial charge in [-0.25, -0.2) is 4.39 Å². The maximum Gasteiger partial charge on any atom is 0.123 e. The fourth-order valence-electron chi connectivity index (χ4n) is 3.05. The molecule has 1 aromatic rings. The van der Waals surface area contributed by atoms with Crippen molar-refractivity contribution in [2.45, 2.75) is 31.4 Å². The van der Waals surface area contributed by atoms with Crippen molar-refractivity contribution in [1.82, 2.24) is 0 Å². The molecular weight excluding hydrogens is 205 g/mol. The van der Waals surface area contributed by atoms with Crippen LogP contribution in [0.15, 0.2) is 24.3 Å². The smallest absolute Gasteiger partial charge is 0.123 e. The van der Waals surface area contributed by atoms with E-state index < -0.39 is 0 Å². The molecule has 3 unspecified atom stereocenters. The third kappa shape index (κ3) is 1.59. The average Bonchev–Trinajstić information content (AvgIpc) is 2.65. The van der Waals surface area contributed by atoms with Crippen LogP contribution in [0.2, 0.25) is 0 Å². The van der Waals surface area contributed by atoms with E-state index in [0.29, 0.717) is 12.0 Å². The third-order valence-electron chi connectivity index (χ3n) is 3.94. The zero-order chi connectivity index (χ0) is 11.1. The second-order valence-corrected chi connectivity index (χ2v) is 4.92. The van der Waals surface area contributed by atoms with Crippen LogP contribution in [0.1, 0.15) is 19.3 Å². The SMILES string of the molecule is OC1CCC2CC1CN2c1ccc(F)cc1. The first-order chi connectivity index (χ1) is 7.74. The molecule has 1 aromatic carbocycles. The molecule has 1 N–H and O–H groups in total. The van der Waals surface area contributed by atoms with Crippen molar-refractivity contribution in [3.8, 4) is 0 Å². The standard InChI is InChI=1S/C13H16FNO/c14-10-1-3-11(4-2-10)15-8-9-7-12(15)5-6-13(9)16/h1-4,9,12-13,16H,5-8H2. The molecule has 2 nitrogen and oxygen atoms in total. The predicted molar refractivity (Wildman–Crippen MR) is 60.9 cm³/mol. The summed E-state index contributed by atoms with van der Waals surface area (Å²) >= 11 is 0. The molecule has 2 bridgehead atoms. The predicted octanol–water partition coefficient (Wildman–Crippen LogP) is 2.18. The van der Waals surface area contributed by atoms with Crippen LogP contribution in [-0.4, -0.2) is 23.8 Å². The second-order valence-electron chi connectivity index (χ2n) is 4.92. The molecule has 0 radical (unpaired) electrons. The van der Waals surface area contributed by atoms with Crippen LogP contribution in [0.5, 0.6) is 0 Å². The number of fused-ring (bicyclic) bond motifs is 2. The van der Waals surface area contributed by atoms with E-state index in [4.69, 9.17) is 0 Å². The highest BCUT2D eigenvalue weighted by Gasteiger charge is 2.39. The van der Waals surface area contributed by atoms with Gasteiger partial charge in [0.25, 0.3) is 0 Å². The normalized spacial score (nSPS) is 33.1. The quantitative estimate of drug-likeness (QED) is 0.785. The molecular formula is C13H16FNO. The molecule has 0 amide bonds. The summed E-state index contributed by atoms with van der Waals surface area (Å²) in [7, 11) is 0. The molecule has 1 saturated carbocycles. The summed E-state index contributed by atoms with van der Waals surface area (Å²) in [5, 5.41) is 9.82. The van der Waals surface area contributed by atoms with E-state index in [-0.39, 0.29) is 11.9 Å². The van der Waals surface area contributed by atoms with Crippen LogP contribution in [0.4, 0.5) is 10.1 Å². The Hall–Kier alpha value is -1.09. The molecule has 16 heavy (non-hydrogen) atoms. The average molecular weight is 221 g/mol. The van der Waals surface area contributed by atoms with Gasteiger partial charge in [-0.1, -0.05) is 0 Å². The van der Waals surface area contributed by atoms with E-state index >= 15 is 0 Å². The zero-order valence-corrected chi connectivity index (χ0v) is 9.14. The first-order valence-corrected chi connectivity index (χ1v) is 5.94. The van der Waals surface area contributed by atoms with Gasteiger partial charge in [0.2, 0.25) is 0 Å². The Balaban J connectivity index is 1.84. The Morgan fingerprint density at radius 3 is 2.62 bits per heavy atom. The third-order valence-corrected chi connectivity index (χ3v) is 3.94. The molecule has 2 fully saturated rings. The monoisotopic (exact) mass is 221 g/mol. The molecule has 2 aliphatic rings. The Kier molecular flexibility index (Phi) is 2.36. The number of hydrogen-bond donors (Lipinski definition) is 1. The lowest BCUT2D eigenvalue weighted by atomic mass is 9.88. The van der Waals surface area contributed by atoms with Gasteiger partial charge in [0.15, 0.2) is 0 Å². The summed E-state index contributed by atoms with van der Waals surface area (Å²) in [5.41, 5.74) is 1.09. The lowest BCUT2D eigenvalue weighted by Gasteiger charge is -2.27. The highest BCUT2D eigenvalue weighted by atomic mass is 19.1. The molecule has 3 heteroatoms. The summed E-state index contributed by atoms with van der Waals surface area (Å²) in [4.78, 5) is 2.32. The summed E-state index contributed by atoms with van der Waals surface area (Å²) < 4.78 is 12.8. The van der Waals surface area contributed by atoms with Crippen molar-refractivity contribution in [2.24, 2.45) is 5.92 Å². The minimum atomic E-state index is -0.189. The molecule has 86 valence electrons. The van der Waals surface area contributed by atoms with Crippen molar-refractivity contribution in [3.63, 3.8) is 0 Å². The summed E-state index contributed by atoms with van der Waals surface area (Å²) in [5.74, 6) is 0.217. The van der Waals surface area contributed by atoms with Gasteiger partial charge in [0.1, 0.15) is 5.82 Å². The van der Waals surface area contributed by atoms with Gasteiger partial charge in [-0.3, -0.25) is 0 Å². The number of aliphatic hydroxyl groups is 1. The largest absolute Gasteiger partial charge is 0.393 e. The Morgan fingerprint density at radius 1 is 1.19 bits per heavy atom. The Morgan fingerprint density at radius 2 is 1.94 bits per heavy atom. The van der Waals surface area contributed by atoms with Crippen LogP contribution in [0.25, 0.3) is 0 Å². The first kappa shape index (κ1) is 10.1. The molecule has 0 aromatic heterocycles. The fraction of sp³-hybridized carbons (Fsp3) is 0.538. The number of rotatable bonds is 1. The summed E-state index contributed by atoms with van der Waals surface area (Å²) in [6.45, 7) is 0.914. The van der Waals surface area contributed by atoms with Gasteiger partial charge in [-0.15, -0.1) is 0 Å². The molecule has 1 aliphatic heterocycles. The van der Waals surface area contributed by atoms with Crippen molar-refractivity contribution in [3.05, 3.63) is 30.1 Å². The van der Waals surface area contributed by atoms with Gasteiger partial charge in [-0.05, 0) is 43.5 Å². The molecule has 3 atom stereocenters. The Labute approximate surface area is 94.7 Å². The van der Waals surface area contributed by atoms with E-state index in [0.717, 1.165) is 31.5 Å². The van der Waals surface area contributed by atoms with E-state index in [1.54, 1.807) is 0 Å². The van der Waals surface area contributed by atoms with E-state index in [1.165, 1.54) is 12.1 Å². The topological polar surface area (TPSA) is 23.5 Å². The minimum absolute atomic E-state index is 0.137. The summed E-state index contributed by atoms with van der Waals surface area (Å²) in [6, 6.07) is 7.23. The van der Waals surface area contributed by atoms with Gasteiger partial charge >= 0.3 is 0 Å². The summed E-state index contributed by atoms with van der Waals surface area (Å²) in [6.07, 6.45) is 2.90. The molecule has 1 heterocycles. The van der Waals surface area contributed by atoms with Crippen LogP contribution < -0.4 is 4.90 Å². The van der Waals surface area contributed by atoms with E-state index in [9.17, 15) is 9.50 Å². The maximum atomic E-state index is 12.8. The van der Waals surface area contributed by atoms with Crippen molar-refractivity contribution in [2.75, 3.05) is 11.4 Å². The van der Waals surface area contributed by atoms with Crippen molar-refractivity contribution >= 4 is 5.69 Å². The number of aliphatic hydroxyl groups excluding tert-OH is 1. The van der Waals surface area contributed by atoms with E-state index in [2.05, 4.69) is 4.90 Å². The Bertz CT molecular complexity index is 378. The first-order valence-electron chi connectivity index (χ1n) is 5.94. The number of halogens is 1. The van der Waals surface area contributed by atoms with Crippen molar-refractivity contribution in [1.29, 1.82) is 0 Å². The maximum absolute atomic E-state index is 12.8. The molecule has 0 spiro atoms. The van der Waals surface area contributed by atoms with Gasteiger partial charge in [0, 0.05) is 24.2 Å². The minimum Gasteiger partial charge on any atom is -0.393 e. The molecule has 3 rings (SSSR count). The lowest BCUT2D eigenvalue weighted by molar-refractivity contribution is 0.0896. The van der Waals surface area contributed by atoms with Crippen LogP contribution in [0.3, 0.4) is 0 Å². The van der Waals surface area contributed by atoms with Gasteiger partial charge in [-0.2, -0.15) is 0 Å².